The zero-order chi connectivity index (χ0) is 19.3. The van der Waals surface area contributed by atoms with Crippen molar-refractivity contribution in [2.24, 2.45) is 0 Å². The fourth-order valence-corrected chi connectivity index (χ4v) is 3.60. The maximum absolute atomic E-state index is 13.2. The van der Waals surface area contributed by atoms with Crippen LogP contribution in [-0.2, 0) is 0 Å². The van der Waals surface area contributed by atoms with Crippen LogP contribution in [0.5, 0.6) is 0 Å². The minimum Gasteiger partial charge on any atom is -0.352 e. The molecule has 0 saturated carbocycles. The summed E-state index contributed by atoms with van der Waals surface area (Å²) in [6.45, 7) is 2.42. The zero-order valence-electron chi connectivity index (χ0n) is 14.8. The predicted molar refractivity (Wildman–Crippen MR) is 98.7 cm³/mol. The quantitative estimate of drug-likeness (QED) is 0.746. The Kier molecular flexibility index (Phi) is 3.85. The van der Waals surface area contributed by atoms with Crippen molar-refractivity contribution in [1.82, 2.24) is 25.1 Å². The number of alkyl halides is 2. The number of carbonyl (C=O) groups excluding carboxylic acids is 1. The number of urea groups is 1. The summed E-state index contributed by atoms with van der Waals surface area (Å²) in [5.41, 5.74) is 1.26. The van der Waals surface area contributed by atoms with Crippen LogP contribution in [0, 0.1) is 0 Å². The molecule has 10 heteroatoms. The maximum Gasteiger partial charge on any atom is 0.322 e. The van der Waals surface area contributed by atoms with E-state index in [4.69, 9.17) is 0 Å². The fourth-order valence-electron chi connectivity index (χ4n) is 3.60. The third-order valence-electron chi connectivity index (χ3n) is 5.09. The van der Waals surface area contributed by atoms with Crippen molar-refractivity contribution >= 4 is 28.4 Å². The number of fused-ring (bicyclic) bond motifs is 1. The molecule has 2 saturated heterocycles. The van der Waals surface area contributed by atoms with E-state index < -0.39 is 12.2 Å². The van der Waals surface area contributed by atoms with E-state index in [0.29, 0.717) is 37.5 Å². The molecule has 3 aromatic rings. The van der Waals surface area contributed by atoms with Crippen LogP contribution < -0.4 is 15.1 Å². The highest BCUT2D eigenvalue weighted by Crippen LogP contribution is 2.33. The first-order valence-electron chi connectivity index (χ1n) is 8.99. The van der Waals surface area contributed by atoms with Gasteiger partial charge in [0.15, 0.2) is 5.82 Å². The number of para-hydroxylation sites is 1. The zero-order valence-corrected chi connectivity index (χ0v) is 14.8. The Hall–Kier alpha value is -3.30. The molecule has 0 aliphatic carbocycles. The van der Waals surface area contributed by atoms with E-state index in [1.165, 1.54) is 0 Å². The topological polar surface area (TPSA) is 79.2 Å². The van der Waals surface area contributed by atoms with E-state index in [1.54, 1.807) is 23.2 Å². The number of anilines is 2. The summed E-state index contributed by atoms with van der Waals surface area (Å²) in [5, 5.41) is 7.88. The van der Waals surface area contributed by atoms with Gasteiger partial charge in [-0.3, -0.25) is 9.58 Å². The van der Waals surface area contributed by atoms with Crippen LogP contribution in [0.4, 0.5) is 25.1 Å². The molecule has 144 valence electrons. The maximum atomic E-state index is 13.2. The number of benzene rings is 1. The van der Waals surface area contributed by atoms with E-state index in [0.717, 1.165) is 11.1 Å². The van der Waals surface area contributed by atoms with E-state index in [-0.39, 0.29) is 12.1 Å². The van der Waals surface area contributed by atoms with Gasteiger partial charge in [0.2, 0.25) is 0 Å². The SMILES string of the molecule is O=C1NCCN1c1cnn(C2CN(c3nc(C(F)F)nc4ccccc34)C2)c1. The molecule has 2 aliphatic rings. The summed E-state index contributed by atoms with van der Waals surface area (Å²) in [4.78, 5) is 23.4. The number of carbonyl (C=O) groups is 1. The van der Waals surface area contributed by atoms with Gasteiger partial charge in [-0.25, -0.2) is 23.5 Å². The van der Waals surface area contributed by atoms with Crippen LogP contribution in [0.2, 0.25) is 0 Å². The lowest BCUT2D eigenvalue weighted by atomic mass is 10.1. The largest absolute Gasteiger partial charge is 0.352 e. The summed E-state index contributed by atoms with van der Waals surface area (Å²) < 4.78 is 28.2. The highest BCUT2D eigenvalue weighted by Gasteiger charge is 2.33. The molecule has 2 aliphatic heterocycles. The van der Waals surface area contributed by atoms with E-state index >= 15 is 0 Å². The summed E-state index contributed by atoms with van der Waals surface area (Å²) >= 11 is 0. The molecule has 4 heterocycles. The third kappa shape index (κ3) is 2.72. The Morgan fingerprint density at radius 1 is 1.18 bits per heavy atom. The van der Waals surface area contributed by atoms with E-state index in [1.807, 2.05) is 27.9 Å². The molecule has 0 atom stereocenters. The van der Waals surface area contributed by atoms with Gasteiger partial charge in [-0.05, 0) is 12.1 Å². The Labute approximate surface area is 158 Å². The number of rotatable bonds is 4. The number of hydrogen-bond acceptors (Lipinski definition) is 5. The number of nitrogens with zero attached hydrogens (tertiary/aromatic N) is 6. The normalized spacial score (nSPS) is 17.5. The highest BCUT2D eigenvalue weighted by molar-refractivity contribution is 5.93. The van der Waals surface area contributed by atoms with Gasteiger partial charge in [0.05, 0.1) is 23.4 Å². The smallest absolute Gasteiger partial charge is 0.322 e. The second-order valence-electron chi connectivity index (χ2n) is 6.84. The van der Waals surface area contributed by atoms with Crippen LogP contribution in [0.3, 0.4) is 0 Å². The first-order chi connectivity index (χ1) is 13.6. The molecule has 8 nitrogen and oxygen atoms in total. The van der Waals surface area contributed by atoms with Crippen LogP contribution in [-0.4, -0.2) is 52.0 Å². The molecule has 5 rings (SSSR count). The minimum absolute atomic E-state index is 0.0862. The molecule has 2 fully saturated rings. The molecular weight excluding hydrogens is 368 g/mol. The first kappa shape index (κ1) is 16.8. The lowest BCUT2D eigenvalue weighted by Gasteiger charge is -2.40. The van der Waals surface area contributed by atoms with Crippen LogP contribution in [0.1, 0.15) is 18.3 Å². The Balaban J connectivity index is 1.37. The molecule has 0 unspecified atom stereocenters. The molecule has 0 spiro atoms. The standard InChI is InChI=1S/C18H17F2N7O/c19-15(20)16-23-14-4-2-1-3-13(14)17(24-16)25-8-12(9-25)27-10-11(7-22-27)26-6-5-21-18(26)28/h1-4,7,10,12,15H,5-6,8-9H2,(H,21,28). The predicted octanol–water partition coefficient (Wildman–Crippen LogP) is 2.35. The van der Waals surface area contributed by atoms with Crippen LogP contribution in [0.25, 0.3) is 10.9 Å². The minimum atomic E-state index is -2.72. The van der Waals surface area contributed by atoms with Gasteiger partial charge in [0.1, 0.15) is 5.82 Å². The van der Waals surface area contributed by atoms with Crippen molar-refractivity contribution in [3.8, 4) is 0 Å². The van der Waals surface area contributed by atoms with Gasteiger partial charge in [-0.15, -0.1) is 0 Å². The number of amides is 2. The van der Waals surface area contributed by atoms with Gasteiger partial charge in [-0.2, -0.15) is 5.10 Å². The molecule has 2 aromatic heterocycles. The summed E-state index contributed by atoms with van der Waals surface area (Å²) in [7, 11) is 0. The van der Waals surface area contributed by atoms with Crippen molar-refractivity contribution in [3.05, 3.63) is 42.5 Å². The fraction of sp³-hybridized carbons (Fsp3) is 0.333. The van der Waals surface area contributed by atoms with Gasteiger partial charge in [-0.1, -0.05) is 12.1 Å². The molecule has 1 N–H and O–H groups in total. The van der Waals surface area contributed by atoms with Gasteiger partial charge in [0.25, 0.3) is 6.43 Å². The first-order valence-corrected chi connectivity index (χ1v) is 8.99. The average molecular weight is 385 g/mol. The summed E-state index contributed by atoms with van der Waals surface area (Å²) in [6, 6.07) is 7.13. The number of aromatic nitrogens is 4. The van der Waals surface area contributed by atoms with Gasteiger partial charge < -0.3 is 10.2 Å². The van der Waals surface area contributed by atoms with Crippen molar-refractivity contribution in [2.75, 3.05) is 36.0 Å². The lowest BCUT2D eigenvalue weighted by molar-refractivity contribution is 0.140. The molecule has 2 amide bonds. The second-order valence-corrected chi connectivity index (χ2v) is 6.84. The Morgan fingerprint density at radius 2 is 2.00 bits per heavy atom. The Bertz CT molecular complexity index is 1050. The third-order valence-corrected chi connectivity index (χ3v) is 5.09. The Morgan fingerprint density at radius 3 is 2.75 bits per heavy atom. The number of hydrogen-bond donors (Lipinski definition) is 1. The molecule has 1 aromatic carbocycles. The summed E-state index contributed by atoms with van der Waals surface area (Å²) in [5.74, 6) is 0.0574. The van der Waals surface area contributed by atoms with Crippen molar-refractivity contribution < 1.29 is 13.6 Å². The van der Waals surface area contributed by atoms with Crippen LogP contribution in [0.15, 0.2) is 36.7 Å². The second kappa shape index (κ2) is 6.39. The molecule has 0 radical (unpaired) electrons. The van der Waals surface area contributed by atoms with Crippen LogP contribution >= 0.6 is 0 Å². The van der Waals surface area contributed by atoms with Crippen molar-refractivity contribution in [1.29, 1.82) is 0 Å². The van der Waals surface area contributed by atoms with E-state index in [2.05, 4.69) is 20.4 Å². The lowest BCUT2D eigenvalue weighted by Crippen LogP contribution is -2.48. The monoisotopic (exact) mass is 385 g/mol. The molecule has 0 bridgehead atoms. The van der Waals surface area contributed by atoms with Crippen molar-refractivity contribution in [2.45, 2.75) is 12.5 Å². The molecular formula is C18H17F2N7O. The number of nitrogens with one attached hydrogen (secondary N) is 1. The average Bonchev–Trinajstić information content (AvgIpc) is 3.29. The molecule has 28 heavy (non-hydrogen) atoms. The number of halogens is 2. The van der Waals surface area contributed by atoms with Crippen molar-refractivity contribution in [3.63, 3.8) is 0 Å². The van der Waals surface area contributed by atoms with E-state index in [9.17, 15) is 13.6 Å². The highest BCUT2D eigenvalue weighted by atomic mass is 19.3. The van der Waals surface area contributed by atoms with Gasteiger partial charge >= 0.3 is 6.03 Å². The summed E-state index contributed by atoms with van der Waals surface area (Å²) in [6.07, 6.45) is 0.790. The van der Waals surface area contributed by atoms with Gasteiger partial charge in [0, 0.05) is 37.8 Å².